The Morgan fingerprint density at radius 2 is 1.74 bits per heavy atom. The van der Waals surface area contributed by atoms with Crippen LogP contribution >= 0.6 is 0 Å². The van der Waals surface area contributed by atoms with E-state index in [4.69, 9.17) is 9.94 Å². The zero-order chi connectivity index (χ0) is 22.3. The van der Waals surface area contributed by atoms with Crippen molar-refractivity contribution in [2.75, 3.05) is 26.7 Å². The van der Waals surface area contributed by atoms with E-state index in [1.807, 2.05) is 35.2 Å². The summed E-state index contributed by atoms with van der Waals surface area (Å²) in [7, 11) is -2.37. The lowest BCUT2D eigenvalue weighted by Gasteiger charge is -2.34. The van der Waals surface area contributed by atoms with Crippen LogP contribution in [0.1, 0.15) is 24.8 Å². The van der Waals surface area contributed by atoms with E-state index in [0.29, 0.717) is 25.4 Å². The topological polar surface area (TPSA) is 99.2 Å². The molecule has 8 nitrogen and oxygen atoms in total. The molecule has 2 N–H and O–H groups in total. The first-order chi connectivity index (χ1) is 14.9. The fraction of sp³-hybridized carbons (Fsp3) is 0.409. The van der Waals surface area contributed by atoms with Crippen LogP contribution in [0.4, 0.5) is 0 Å². The Balaban J connectivity index is 1.66. The summed E-state index contributed by atoms with van der Waals surface area (Å²) in [6, 6.07) is 15.2. The number of carbonyl (C=O) groups is 1. The molecule has 1 atom stereocenters. The third-order valence-corrected chi connectivity index (χ3v) is 7.29. The minimum atomic E-state index is -3.81. The van der Waals surface area contributed by atoms with Crippen molar-refractivity contribution < 1.29 is 23.2 Å². The number of piperidine rings is 1. The van der Waals surface area contributed by atoms with Crippen LogP contribution in [0.3, 0.4) is 0 Å². The van der Waals surface area contributed by atoms with E-state index in [1.165, 1.54) is 19.2 Å². The van der Waals surface area contributed by atoms with E-state index in [2.05, 4.69) is 0 Å². The first-order valence-corrected chi connectivity index (χ1v) is 11.8. The van der Waals surface area contributed by atoms with Crippen LogP contribution in [0, 0.1) is 0 Å². The number of carbonyl (C=O) groups excluding carboxylic acids is 1. The number of sulfonamides is 1. The van der Waals surface area contributed by atoms with Gasteiger partial charge in [-0.3, -0.25) is 14.9 Å². The van der Waals surface area contributed by atoms with Crippen molar-refractivity contribution in [1.82, 2.24) is 14.7 Å². The number of hydroxylamine groups is 1. The van der Waals surface area contributed by atoms with E-state index < -0.39 is 22.0 Å². The van der Waals surface area contributed by atoms with E-state index >= 15 is 0 Å². The highest BCUT2D eigenvalue weighted by Gasteiger charge is 2.32. The molecular weight excluding hydrogens is 418 g/mol. The Hall–Kier alpha value is -2.46. The minimum Gasteiger partial charge on any atom is -0.489 e. The van der Waals surface area contributed by atoms with Crippen LogP contribution in [0.15, 0.2) is 59.5 Å². The van der Waals surface area contributed by atoms with E-state index in [9.17, 15) is 13.2 Å². The lowest BCUT2D eigenvalue weighted by atomic mass is 10.1. The molecule has 0 unspecified atom stereocenters. The molecule has 1 saturated heterocycles. The number of ether oxygens (including phenoxy) is 1. The van der Waals surface area contributed by atoms with Gasteiger partial charge in [0.2, 0.25) is 10.0 Å². The molecule has 9 heteroatoms. The Morgan fingerprint density at radius 1 is 1.10 bits per heavy atom. The van der Waals surface area contributed by atoms with Crippen molar-refractivity contribution in [1.29, 1.82) is 0 Å². The van der Waals surface area contributed by atoms with Gasteiger partial charge in [-0.2, -0.15) is 4.31 Å². The lowest BCUT2D eigenvalue weighted by molar-refractivity contribution is -0.135. The lowest BCUT2D eigenvalue weighted by Crippen LogP contribution is -2.53. The maximum absolute atomic E-state index is 13.0. The zero-order valence-electron chi connectivity index (χ0n) is 17.6. The Morgan fingerprint density at radius 3 is 2.35 bits per heavy atom. The van der Waals surface area contributed by atoms with Gasteiger partial charge in [-0.1, -0.05) is 36.8 Å². The van der Waals surface area contributed by atoms with Gasteiger partial charge in [-0.15, -0.1) is 0 Å². The number of amides is 1. The summed E-state index contributed by atoms with van der Waals surface area (Å²) in [6.07, 6.45) is 2.96. The fourth-order valence-electron chi connectivity index (χ4n) is 3.64. The predicted molar refractivity (Wildman–Crippen MR) is 116 cm³/mol. The molecule has 1 aliphatic heterocycles. The Bertz CT molecular complexity index is 945. The highest BCUT2D eigenvalue weighted by atomic mass is 32.2. The van der Waals surface area contributed by atoms with E-state index in [1.54, 1.807) is 17.6 Å². The number of nitrogens with zero attached hydrogens (tertiary/aromatic N) is 2. The maximum Gasteiger partial charge on any atom is 0.262 e. The molecule has 1 aliphatic rings. The molecule has 2 aromatic carbocycles. The van der Waals surface area contributed by atoms with Crippen molar-refractivity contribution in [3.63, 3.8) is 0 Å². The average molecular weight is 448 g/mol. The molecule has 0 bridgehead atoms. The van der Waals surface area contributed by atoms with Gasteiger partial charge in [0, 0.05) is 13.6 Å². The largest absolute Gasteiger partial charge is 0.489 e. The molecule has 2 aromatic rings. The van der Waals surface area contributed by atoms with Gasteiger partial charge in [0.1, 0.15) is 18.4 Å². The number of likely N-dealkylation sites (tertiary alicyclic amines) is 1. The summed E-state index contributed by atoms with van der Waals surface area (Å²) in [5.41, 5.74) is 2.69. The van der Waals surface area contributed by atoms with Gasteiger partial charge < -0.3 is 4.74 Å². The van der Waals surface area contributed by atoms with Gasteiger partial charge in [0.25, 0.3) is 5.91 Å². The molecule has 1 heterocycles. The average Bonchev–Trinajstić information content (AvgIpc) is 2.82. The van der Waals surface area contributed by atoms with Gasteiger partial charge in [-0.05, 0) is 55.8 Å². The first kappa shape index (κ1) is 23.2. The van der Waals surface area contributed by atoms with Crippen LogP contribution in [0.2, 0.25) is 0 Å². The van der Waals surface area contributed by atoms with Crippen molar-refractivity contribution in [2.24, 2.45) is 0 Å². The summed E-state index contributed by atoms with van der Waals surface area (Å²) in [5, 5.41) is 9.12. The quantitative estimate of drug-likeness (QED) is 0.452. The number of benzene rings is 2. The standard InChI is InChI=1S/C22H29N3O5S/c1-24(16-21(22(26)23-27)25-14-6-3-7-15-25)31(28,29)20-12-10-19(11-13-20)30-17-18-8-4-2-5-9-18/h2,4-5,8-13,21,27H,3,6-7,14-17H2,1H3,(H,23,26)/t21-/m0/s1. The number of nitrogens with one attached hydrogen (secondary N) is 1. The molecule has 1 amide bonds. The summed E-state index contributed by atoms with van der Waals surface area (Å²) in [5.74, 6) is -0.0371. The molecule has 31 heavy (non-hydrogen) atoms. The monoisotopic (exact) mass is 447 g/mol. The molecule has 3 rings (SSSR count). The van der Waals surface area contributed by atoms with E-state index in [0.717, 1.165) is 29.1 Å². The third-order valence-electron chi connectivity index (χ3n) is 5.45. The second kappa shape index (κ2) is 10.7. The fourth-order valence-corrected chi connectivity index (χ4v) is 4.82. The molecule has 0 saturated carbocycles. The highest BCUT2D eigenvalue weighted by molar-refractivity contribution is 7.89. The molecule has 0 aliphatic carbocycles. The van der Waals surface area contributed by atoms with Gasteiger partial charge in [-0.25, -0.2) is 13.9 Å². The van der Waals surface area contributed by atoms with Crippen LogP contribution in [-0.2, 0) is 21.4 Å². The van der Waals surface area contributed by atoms with E-state index in [-0.39, 0.29) is 11.4 Å². The minimum absolute atomic E-state index is 0.0546. The summed E-state index contributed by atoms with van der Waals surface area (Å²) < 4.78 is 32.9. The van der Waals surface area contributed by atoms with Crippen molar-refractivity contribution in [3.05, 3.63) is 60.2 Å². The predicted octanol–water partition coefficient (Wildman–Crippen LogP) is 2.25. The number of hydrogen-bond donors (Lipinski definition) is 2. The molecule has 1 fully saturated rings. The van der Waals surface area contributed by atoms with Crippen LogP contribution in [-0.4, -0.2) is 61.5 Å². The third kappa shape index (κ3) is 6.04. The second-order valence-corrected chi connectivity index (χ2v) is 9.66. The van der Waals surface area contributed by atoms with Crippen LogP contribution in [0.5, 0.6) is 5.75 Å². The van der Waals surface area contributed by atoms with Gasteiger partial charge in [0.15, 0.2) is 0 Å². The molecule has 0 spiro atoms. The summed E-state index contributed by atoms with van der Waals surface area (Å²) in [6.45, 7) is 1.72. The van der Waals surface area contributed by atoms with Gasteiger partial charge >= 0.3 is 0 Å². The second-order valence-electron chi connectivity index (χ2n) is 7.62. The number of rotatable bonds is 9. The van der Waals surface area contributed by atoms with Crippen molar-refractivity contribution in [3.8, 4) is 5.75 Å². The smallest absolute Gasteiger partial charge is 0.262 e. The SMILES string of the molecule is CN(C[C@@H](C(=O)NO)N1CCCCC1)S(=O)(=O)c1ccc(OCc2ccccc2)cc1. The Kier molecular flexibility index (Phi) is 8.03. The number of hydrogen-bond acceptors (Lipinski definition) is 6. The molecule has 0 radical (unpaired) electrons. The van der Waals surface area contributed by atoms with Crippen molar-refractivity contribution in [2.45, 2.75) is 36.8 Å². The highest BCUT2D eigenvalue weighted by Crippen LogP contribution is 2.21. The summed E-state index contributed by atoms with van der Waals surface area (Å²) >= 11 is 0. The van der Waals surface area contributed by atoms with Crippen molar-refractivity contribution >= 4 is 15.9 Å². The Labute approximate surface area is 183 Å². The normalized spacial score (nSPS) is 16.1. The summed E-state index contributed by atoms with van der Waals surface area (Å²) in [4.78, 5) is 14.2. The number of likely N-dealkylation sites (N-methyl/N-ethyl adjacent to an activating group) is 1. The first-order valence-electron chi connectivity index (χ1n) is 10.3. The molecule has 0 aromatic heterocycles. The van der Waals surface area contributed by atoms with Gasteiger partial charge in [0.05, 0.1) is 4.90 Å². The zero-order valence-corrected chi connectivity index (χ0v) is 18.4. The molecular formula is C22H29N3O5S. The maximum atomic E-state index is 13.0. The molecule has 168 valence electrons. The van der Waals surface area contributed by atoms with Crippen LogP contribution in [0.25, 0.3) is 0 Å². The van der Waals surface area contributed by atoms with Crippen LogP contribution < -0.4 is 10.2 Å².